The molecule has 7 nitrogen and oxygen atoms in total. The number of aliphatic hydroxyl groups is 1. The maximum absolute atomic E-state index is 12.7. The number of nitrogens with zero attached hydrogens (tertiary/aromatic N) is 3. The molecule has 1 aliphatic heterocycles. The number of carbonyl (C=O) groups is 1. The monoisotopic (exact) mass is 383 g/mol. The molecule has 1 aliphatic rings. The van der Waals surface area contributed by atoms with Crippen molar-refractivity contribution in [3.63, 3.8) is 0 Å². The molecule has 0 aliphatic carbocycles. The maximum atomic E-state index is 12.7. The molecular weight excluding hydrogens is 363 g/mol. The topological polar surface area (TPSA) is 92.1 Å². The predicted octanol–water partition coefficient (Wildman–Crippen LogP) is 1.68. The van der Waals surface area contributed by atoms with Gasteiger partial charge >= 0.3 is 6.18 Å². The molecular formula is C17H20F3N5O2. The smallest absolute Gasteiger partial charge is 0.387 e. The standard InChI is InChI=1S/C17H20F3N5O2/c18-17(19,20)12-3-1-2-11(8-12)15(26)9-22-16(27)14-10-25(24-23-14)13-4-6-21-7-5-13/h1-3,8,10,13,15,21,26H,4-7,9H2,(H,22,27)/t15-/m0/s1. The Bertz CT molecular complexity index is 787. The normalized spacial score (nSPS) is 16.9. The van der Waals surface area contributed by atoms with E-state index in [1.54, 1.807) is 10.9 Å². The first-order valence-electron chi connectivity index (χ1n) is 8.60. The van der Waals surface area contributed by atoms with Crippen LogP contribution in [0.5, 0.6) is 0 Å². The van der Waals surface area contributed by atoms with Crippen LogP contribution in [0.3, 0.4) is 0 Å². The number of benzene rings is 1. The number of halogens is 3. The molecule has 1 aromatic carbocycles. The maximum Gasteiger partial charge on any atom is 0.416 e. The van der Waals surface area contributed by atoms with E-state index in [0.717, 1.165) is 38.1 Å². The highest BCUT2D eigenvalue weighted by Gasteiger charge is 2.31. The van der Waals surface area contributed by atoms with Crippen LogP contribution < -0.4 is 10.6 Å². The molecule has 1 amide bonds. The molecule has 0 radical (unpaired) electrons. The second-order valence-corrected chi connectivity index (χ2v) is 6.41. The van der Waals surface area contributed by atoms with Crippen LogP contribution in [0.25, 0.3) is 0 Å². The van der Waals surface area contributed by atoms with E-state index < -0.39 is 23.8 Å². The van der Waals surface area contributed by atoms with Crippen LogP contribution in [0.1, 0.15) is 46.6 Å². The van der Waals surface area contributed by atoms with E-state index in [1.807, 2.05) is 0 Å². The highest BCUT2D eigenvalue weighted by Crippen LogP contribution is 2.30. The zero-order valence-corrected chi connectivity index (χ0v) is 14.4. The second kappa shape index (κ2) is 8.05. The molecule has 0 saturated carbocycles. The second-order valence-electron chi connectivity index (χ2n) is 6.41. The summed E-state index contributed by atoms with van der Waals surface area (Å²) in [6.45, 7) is 1.50. The fourth-order valence-electron chi connectivity index (χ4n) is 2.95. The van der Waals surface area contributed by atoms with Gasteiger partial charge in [0.1, 0.15) is 0 Å². The number of aliphatic hydroxyl groups excluding tert-OH is 1. The summed E-state index contributed by atoms with van der Waals surface area (Å²) in [6, 6.07) is 4.56. The first-order chi connectivity index (χ1) is 12.8. The highest BCUT2D eigenvalue weighted by atomic mass is 19.4. The number of aromatic nitrogens is 3. The van der Waals surface area contributed by atoms with Crippen molar-refractivity contribution in [1.82, 2.24) is 25.6 Å². The SMILES string of the molecule is O=C(NC[C@H](O)c1cccc(C(F)(F)F)c1)c1cn(C2CCNCC2)nn1. The Morgan fingerprint density at radius 2 is 2.11 bits per heavy atom. The molecule has 0 bridgehead atoms. The van der Waals surface area contributed by atoms with Gasteiger partial charge in [-0.1, -0.05) is 17.3 Å². The molecule has 1 atom stereocenters. The Kier molecular flexibility index (Phi) is 5.76. The van der Waals surface area contributed by atoms with Crippen molar-refractivity contribution < 1.29 is 23.1 Å². The van der Waals surface area contributed by atoms with Gasteiger partial charge in [0.25, 0.3) is 5.91 Å². The minimum Gasteiger partial charge on any atom is -0.387 e. The number of amides is 1. The Hall–Kier alpha value is -2.46. The summed E-state index contributed by atoms with van der Waals surface area (Å²) in [4.78, 5) is 12.2. The van der Waals surface area contributed by atoms with E-state index in [9.17, 15) is 23.1 Å². The molecule has 2 aromatic rings. The molecule has 2 heterocycles. The first kappa shape index (κ1) is 19.3. The van der Waals surface area contributed by atoms with Gasteiger partial charge < -0.3 is 15.7 Å². The van der Waals surface area contributed by atoms with Gasteiger partial charge in [0.15, 0.2) is 5.69 Å². The van der Waals surface area contributed by atoms with Gasteiger partial charge in [0.05, 0.1) is 23.9 Å². The summed E-state index contributed by atoms with van der Waals surface area (Å²) in [5, 5.41) is 23.6. The van der Waals surface area contributed by atoms with E-state index in [0.29, 0.717) is 0 Å². The number of alkyl halides is 3. The van der Waals surface area contributed by atoms with Gasteiger partial charge in [0.2, 0.25) is 0 Å². The zero-order chi connectivity index (χ0) is 19.4. The molecule has 0 spiro atoms. The average molecular weight is 383 g/mol. The van der Waals surface area contributed by atoms with Crippen LogP contribution in [0.4, 0.5) is 13.2 Å². The number of hydrogen-bond acceptors (Lipinski definition) is 5. The van der Waals surface area contributed by atoms with Crippen LogP contribution in [-0.2, 0) is 6.18 Å². The average Bonchev–Trinajstić information content (AvgIpc) is 3.16. The third-order valence-electron chi connectivity index (χ3n) is 4.48. The van der Waals surface area contributed by atoms with Crippen LogP contribution in [0.2, 0.25) is 0 Å². The van der Waals surface area contributed by atoms with Crippen molar-refractivity contribution in [2.24, 2.45) is 0 Å². The summed E-state index contributed by atoms with van der Waals surface area (Å²) in [6.07, 6.45) is -2.44. The van der Waals surface area contributed by atoms with E-state index in [1.165, 1.54) is 12.1 Å². The predicted molar refractivity (Wildman–Crippen MR) is 89.9 cm³/mol. The molecule has 1 saturated heterocycles. The fraction of sp³-hybridized carbons (Fsp3) is 0.471. The van der Waals surface area contributed by atoms with Gasteiger partial charge in [-0.2, -0.15) is 13.2 Å². The van der Waals surface area contributed by atoms with Crippen molar-refractivity contribution in [3.8, 4) is 0 Å². The number of hydrogen-bond donors (Lipinski definition) is 3. The van der Waals surface area contributed by atoms with Crippen molar-refractivity contribution in [3.05, 3.63) is 47.3 Å². The molecule has 146 valence electrons. The van der Waals surface area contributed by atoms with Crippen molar-refractivity contribution in [2.45, 2.75) is 31.2 Å². The molecule has 1 aromatic heterocycles. The molecule has 27 heavy (non-hydrogen) atoms. The molecule has 0 unspecified atom stereocenters. The lowest BCUT2D eigenvalue weighted by Gasteiger charge is -2.22. The lowest BCUT2D eigenvalue weighted by molar-refractivity contribution is -0.137. The number of nitrogens with one attached hydrogen (secondary N) is 2. The van der Waals surface area contributed by atoms with Crippen LogP contribution >= 0.6 is 0 Å². The van der Waals surface area contributed by atoms with Crippen molar-refractivity contribution in [1.29, 1.82) is 0 Å². The van der Waals surface area contributed by atoms with Gasteiger partial charge in [-0.25, -0.2) is 4.68 Å². The number of rotatable bonds is 5. The quantitative estimate of drug-likeness (QED) is 0.731. The summed E-state index contributed by atoms with van der Waals surface area (Å²) in [5.74, 6) is -0.541. The van der Waals surface area contributed by atoms with Crippen molar-refractivity contribution in [2.75, 3.05) is 19.6 Å². The first-order valence-corrected chi connectivity index (χ1v) is 8.60. The van der Waals surface area contributed by atoms with Gasteiger partial charge in [-0.05, 0) is 43.6 Å². The molecule has 3 rings (SSSR count). The lowest BCUT2D eigenvalue weighted by atomic mass is 10.1. The lowest BCUT2D eigenvalue weighted by Crippen LogP contribution is -2.30. The minimum atomic E-state index is -4.49. The van der Waals surface area contributed by atoms with E-state index in [2.05, 4.69) is 20.9 Å². The summed E-state index contributed by atoms with van der Waals surface area (Å²) in [5.41, 5.74) is -0.677. The number of piperidine rings is 1. The van der Waals surface area contributed by atoms with E-state index in [-0.39, 0.29) is 23.8 Å². The van der Waals surface area contributed by atoms with Gasteiger partial charge in [-0.15, -0.1) is 5.10 Å². The largest absolute Gasteiger partial charge is 0.416 e. The third-order valence-corrected chi connectivity index (χ3v) is 4.48. The fourth-order valence-corrected chi connectivity index (χ4v) is 2.95. The third kappa shape index (κ3) is 4.83. The van der Waals surface area contributed by atoms with Crippen molar-refractivity contribution >= 4 is 5.91 Å². The minimum absolute atomic E-state index is 0.0727. The van der Waals surface area contributed by atoms with Gasteiger partial charge in [0, 0.05) is 6.54 Å². The molecule has 1 fully saturated rings. The van der Waals surface area contributed by atoms with E-state index in [4.69, 9.17) is 0 Å². The Morgan fingerprint density at radius 1 is 1.37 bits per heavy atom. The zero-order valence-electron chi connectivity index (χ0n) is 14.4. The van der Waals surface area contributed by atoms with Gasteiger partial charge in [-0.3, -0.25) is 4.79 Å². The number of carbonyl (C=O) groups excluding carboxylic acids is 1. The van der Waals surface area contributed by atoms with E-state index >= 15 is 0 Å². The van der Waals surface area contributed by atoms with Crippen LogP contribution in [-0.4, -0.2) is 45.6 Å². The summed E-state index contributed by atoms with van der Waals surface area (Å²) >= 11 is 0. The Morgan fingerprint density at radius 3 is 2.81 bits per heavy atom. The summed E-state index contributed by atoms with van der Waals surface area (Å²) < 4.78 is 39.9. The Balaban J connectivity index is 1.58. The molecule has 10 heteroatoms. The molecule has 3 N–H and O–H groups in total. The highest BCUT2D eigenvalue weighted by molar-refractivity contribution is 5.91. The van der Waals surface area contributed by atoms with Crippen LogP contribution in [0, 0.1) is 0 Å². The summed E-state index contributed by atoms with van der Waals surface area (Å²) in [7, 11) is 0. The van der Waals surface area contributed by atoms with Crippen LogP contribution in [0.15, 0.2) is 30.5 Å². The Labute approximate surface area is 153 Å².